The van der Waals surface area contributed by atoms with Crippen LogP contribution in [-0.4, -0.2) is 9.55 Å². The Balaban J connectivity index is 1.06. The Labute approximate surface area is 307 Å². The molecule has 0 atom stereocenters. The number of fused-ring (bicyclic) bond motifs is 11. The van der Waals surface area contributed by atoms with Gasteiger partial charge in [-0.3, -0.25) is 0 Å². The molecule has 0 bridgehead atoms. The molecule has 0 radical (unpaired) electrons. The topological polar surface area (TPSA) is 31.0 Å². The predicted octanol–water partition coefficient (Wildman–Crippen LogP) is 14.1. The largest absolute Gasteiger partial charge is 0.435 e. The Morgan fingerprint density at radius 2 is 1.02 bits per heavy atom. The SMILES string of the molecule is c1ccc2cc(-c3cc4sc5ccccc5c4c4nc(-c5ccc(-n6c7cc8ccccc8cc7c7cc8ccccc8cc76)cc5)oc34)ccc2c1. The van der Waals surface area contributed by atoms with Crippen molar-refractivity contribution < 1.29 is 4.42 Å². The van der Waals surface area contributed by atoms with E-state index in [0.717, 1.165) is 38.9 Å². The van der Waals surface area contributed by atoms with Crippen LogP contribution in [0.1, 0.15) is 0 Å². The minimum absolute atomic E-state index is 0.621. The maximum absolute atomic E-state index is 6.83. The Bertz CT molecular complexity index is 3360. The van der Waals surface area contributed by atoms with E-state index in [4.69, 9.17) is 9.40 Å². The molecule has 0 unspecified atom stereocenters. The number of oxazole rings is 1. The lowest BCUT2D eigenvalue weighted by Crippen LogP contribution is -1.94. The van der Waals surface area contributed by atoms with Gasteiger partial charge in [0, 0.05) is 47.8 Å². The van der Waals surface area contributed by atoms with E-state index in [1.54, 1.807) is 0 Å². The van der Waals surface area contributed by atoms with Crippen LogP contribution in [0.25, 0.3) is 114 Å². The van der Waals surface area contributed by atoms with Crippen molar-refractivity contribution in [1.82, 2.24) is 9.55 Å². The maximum atomic E-state index is 6.83. The van der Waals surface area contributed by atoms with Crippen LogP contribution in [0.5, 0.6) is 0 Å². The summed E-state index contributed by atoms with van der Waals surface area (Å²) in [6.45, 7) is 0. The fraction of sp³-hybridized carbons (Fsp3) is 0. The number of hydrogen-bond acceptors (Lipinski definition) is 3. The Morgan fingerprint density at radius 1 is 0.453 bits per heavy atom. The fourth-order valence-corrected chi connectivity index (χ4v) is 9.54. The molecule has 0 aliphatic rings. The van der Waals surface area contributed by atoms with E-state index >= 15 is 0 Å². The lowest BCUT2D eigenvalue weighted by atomic mass is 9.99. The summed E-state index contributed by atoms with van der Waals surface area (Å²) in [5.41, 5.74) is 8.32. The maximum Gasteiger partial charge on any atom is 0.227 e. The number of benzene rings is 9. The lowest BCUT2D eigenvalue weighted by molar-refractivity contribution is 0.621. The second-order valence-corrected chi connectivity index (χ2v) is 15.1. The molecule has 0 N–H and O–H groups in total. The quantitative estimate of drug-likeness (QED) is 0.185. The van der Waals surface area contributed by atoms with Gasteiger partial charge in [-0.25, -0.2) is 4.98 Å². The molecule has 0 aliphatic heterocycles. The third kappa shape index (κ3) is 4.30. The van der Waals surface area contributed by atoms with Crippen molar-refractivity contribution in [3.8, 4) is 28.3 Å². The van der Waals surface area contributed by atoms with Gasteiger partial charge in [-0.2, -0.15) is 0 Å². The van der Waals surface area contributed by atoms with Crippen molar-refractivity contribution in [2.24, 2.45) is 0 Å². The molecule has 53 heavy (non-hydrogen) atoms. The molecule has 12 rings (SSSR count). The predicted molar refractivity (Wildman–Crippen MR) is 225 cm³/mol. The van der Waals surface area contributed by atoms with Crippen LogP contribution in [0.15, 0.2) is 174 Å². The third-order valence-corrected chi connectivity index (χ3v) is 12.1. The Hall–Kier alpha value is -6.75. The zero-order valence-corrected chi connectivity index (χ0v) is 29.2. The average Bonchev–Trinajstić information content (AvgIpc) is 3.90. The Kier molecular flexibility index (Phi) is 5.93. The zero-order valence-electron chi connectivity index (χ0n) is 28.4. The highest BCUT2D eigenvalue weighted by atomic mass is 32.1. The minimum atomic E-state index is 0.621. The van der Waals surface area contributed by atoms with Crippen LogP contribution in [0, 0.1) is 0 Å². The average molecular weight is 693 g/mol. The van der Waals surface area contributed by atoms with E-state index in [2.05, 4.69) is 174 Å². The van der Waals surface area contributed by atoms with Gasteiger partial charge in [-0.15, -0.1) is 11.3 Å². The van der Waals surface area contributed by atoms with E-state index < -0.39 is 0 Å². The van der Waals surface area contributed by atoms with Crippen molar-refractivity contribution in [3.05, 3.63) is 170 Å². The first kappa shape index (κ1) is 28.9. The molecule has 9 aromatic carbocycles. The Morgan fingerprint density at radius 3 is 1.70 bits per heavy atom. The van der Waals surface area contributed by atoms with Gasteiger partial charge >= 0.3 is 0 Å². The molecule has 0 aliphatic carbocycles. The lowest BCUT2D eigenvalue weighted by Gasteiger charge is -2.09. The van der Waals surface area contributed by atoms with Crippen molar-refractivity contribution >= 4 is 96.7 Å². The highest BCUT2D eigenvalue weighted by Crippen LogP contribution is 2.44. The molecule has 246 valence electrons. The molecular formula is C49H28N2OS. The van der Waals surface area contributed by atoms with E-state index in [1.165, 1.54) is 68.9 Å². The monoisotopic (exact) mass is 692 g/mol. The molecule has 0 spiro atoms. The number of hydrogen-bond donors (Lipinski definition) is 0. The number of rotatable bonds is 3. The van der Waals surface area contributed by atoms with Gasteiger partial charge in [-0.05, 0) is 105 Å². The van der Waals surface area contributed by atoms with Crippen LogP contribution in [0.3, 0.4) is 0 Å². The van der Waals surface area contributed by atoms with Gasteiger partial charge in [0.1, 0.15) is 5.52 Å². The molecule has 0 fully saturated rings. The second-order valence-electron chi connectivity index (χ2n) is 14.0. The van der Waals surface area contributed by atoms with Crippen LogP contribution in [-0.2, 0) is 0 Å². The summed E-state index contributed by atoms with van der Waals surface area (Å²) in [5.74, 6) is 0.621. The van der Waals surface area contributed by atoms with Crippen LogP contribution < -0.4 is 0 Å². The number of thiophene rings is 1. The van der Waals surface area contributed by atoms with Gasteiger partial charge in [0.2, 0.25) is 5.89 Å². The minimum Gasteiger partial charge on any atom is -0.435 e. The summed E-state index contributed by atoms with van der Waals surface area (Å²) in [4.78, 5) is 5.28. The summed E-state index contributed by atoms with van der Waals surface area (Å²) in [5, 5.41) is 12.2. The highest BCUT2D eigenvalue weighted by Gasteiger charge is 2.21. The second kappa shape index (κ2) is 10.9. The first-order chi connectivity index (χ1) is 26.2. The van der Waals surface area contributed by atoms with Gasteiger partial charge in [0.25, 0.3) is 0 Å². The van der Waals surface area contributed by atoms with Crippen molar-refractivity contribution in [3.63, 3.8) is 0 Å². The van der Waals surface area contributed by atoms with E-state index in [-0.39, 0.29) is 0 Å². The number of nitrogens with zero attached hydrogens (tertiary/aromatic N) is 2. The standard InChI is InChI=1S/C49H28N2OS/c1-2-10-31-23-36(18-17-29(31)9-1)39-28-45-46(38-15-7-8-16-44(38)53-45)47-48(39)52-49(50-47)30-19-21-37(22-20-30)51-42-26-34-13-5-3-11-32(34)24-40(42)41-25-33-12-4-6-14-35(33)27-43(41)51/h1-28H. The first-order valence-corrected chi connectivity index (χ1v) is 18.8. The normalized spacial score (nSPS) is 12.2. The van der Waals surface area contributed by atoms with Crippen molar-refractivity contribution in [2.45, 2.75) is 0 Å². The third-order valence-electron chi connectivity index (χ3n) is 10.9. The van der Waals surface area contributed by atoms with Crippen molar-refractivity contribution in [2.75, 3.05) is 0 Å². The molecule has 0 saturated carbocycles. The zero-order chi connectivity index (χ0) is 34.6. The molecule has 0 saturated heterocycles. The first-order valence-electron chi connectivity index (χ1n) is 17.9. The van der Waals surface area contributed by atoms with Gasteiger partial charge in [0.05, 0.1) is 11.0 Å². The molecule has 3 nitrogen and oxygen atoms in total. The smallest absolute Gasteiger partial charge is 0.227 e. The molecule has 12 aromatic rings. The highest BCUT2D eigenvalue weighted by molar-refractivity contribution is 7.26. The molecular weight excluding hydrogens is 665 g/mol. The molecule has 3 heterocycles. The number of aromatic nitrogens is 2. The van der Waals surface area contributed by atoms with E-state index in [0.29, 0.717) is 5.89 Å². The molecule has 3 aromatic heterocycles. The van der Waals surface area contributed by atoms with Crippen LogP contribution in [0.2, 0.25) is 0 Å². The molecule has 0 amide bonds. The van der Waals surface area contributed by atoms with Crippen LogP contribution in [0.4, 0.5) is 0 Å². The molecule has 4 heteroatoms. The van der Waals surface area contributed by atoms with Gasteiger partial charge in [-0.1, -0.05) is 103 Å². The van der Waals surface area contributed by atoms with Crippen molar-refractivity contribution in [1.29, 1.82) is 0 Å². The summed E-state index contributed by atoms with van der Waals surface area (Å²) in [6.07, 6.45) is 0. The van der Waals surface area contributed by atoms with Gasteiger partial charge < -0.3 is 8.98 Å². The fourth-order valence-electron chi connectivity index (χ4n) is 8.39. The summed E-state index contributed by atoms with van der Waals surface area (Å²) in [6, 6.07) is 61.4. The van der Waals surface area contributed by atoms with Crippen LogP contribution >= 0.6 is 11.3 Å². The summed E-state index contributed by atoms with van der Waals surface area (Å²) < 4.78 is 11.7. The van der Waals surface area contributed by atoms with Gasteiger partial charge in [0.15, 0.2) is 5.58 Å². The summed E-state index contributed by atoms with van der Waals surface area (Å²) >= 11 is 1.81. The van der Waals surface area contributed by atoms with E-state index in [9.17, 15) is 0 Å². The summed E-state index contributed by atoms with van der Waals surface area (Å²) in [7, 11) is 0. The van der Waals surface area contributed by atoms with E-state index in [1.807, 2.05) is 11.3 Å².